The number of hydrogen-bond donors (Lipinski definition) is 1. The molecule has 0 amide bonds. The fourth-order valence-corrected chi connectivity index (χ4v) is 6.28. The van der Waals surface area contributed by atoms with Gasteiger partial charge in [0.2, 0.25) is 0 Å². The first kappa shape index (κ1) is 23.1. The molecule has 0 saturated heterocycles. The molecule has 2 aromatic rings. The van der Waals surface area contributed by atoms with E-state index in [4.69, 9.17) is 5.11 Å². The van der Waals surface area contributed by atoms with Crippen LogP contribution in [0, 0.1) is 35.2 Å². The molecule has 2 aliphatic carbocycles. The zero-order valence-electron chi connectivity index (χ0n) is 18.8. The van der Waals surface area contributed by atoms with Gasteiger partial charge in [0.15, 0.2) is 5.82 Å². The number of fused-ring (bicyclic) bond motifs is 2. The summed E-state index contributed by atoms with van der Waals surface area (Å²) in [7, 11) is 0. The predicted octanol–water partition coefficient (Wildman–Crippen LogP) is 8.23. The van der Waals surface area contributed by atoms with Crippen molar-refractivity contribution in [2.45, 2.75) is 83.5 Å². The van der Waals surface area contributed by atoms with Crippen LogP contribution in [0.15, 0.2) is 18.2 Å². The molecular weight excluding hydrogens is 413 g/mol. The highest BCUT2D eigenvalue weighted by molar-refractivity contribution is 5.96. The molecule has 2 aromatic carbocycles. The maximum absolute atomic E-state index is 14.8. The van der Waals surface area contributed by atoms with E-state index >= 15 is 0 Å². The Morgan fingerprint density at radius 3 is 2.44 bits per heavy atom. The molecule has 32 heavy (non-hydrogen) atoms. The summed E-state index contributed by atoms with van der Waals surface area (Å²) in [6.45, 7) is 2.24. The molecule has 4 atom stereocenters. The third-order valence-electron chi connectivity index (χ3n) is 7.98. The molecule has 5 heteroatoms. The number of benzene rings is 2. The van der Waals surface area contributed by atoms with Crippen LogP contribution in [0.2, 0.25) is 0 Å². The molecule has 0 aliphatic heterocycles. The van der Waals surface area contributed by atoms with Crippen molar-refractivity contribution in [1.29, 1.82) is 0 Å². The first-order valence-electron chi connectivity index (χ1n) is 12.2. The number of aromatic carboxylic acids is 1. The third kappa shape index (κ3) is 4.67. The average molecular weight is 447 g/mol. The van der Waals surface area contributed by atoms with Crippen molar-refractivity contribution in [3.8, 4) is 0 Å². The maximum atomic E-state index is 14.8. The highest BCUT2D eigenvalue weighted by atomic mass is 19.1. The molecule has 0 radical (unpaired) electrons. The standard InChI is InChI=1S/C27H33F3O2/c1-2-3-4-5-6-16-7-8-18-12-19(10-9-17(18)11-16)20-13-21-15-23(29)25(27(31)32)26(30)24(21)22(28)14-20/h13-19H,2-12H2,1H3,(H,31,32). The summed E-state index contributed by atoms with van der Waals surface area (Å²) < 4.78 is 43.6. The summed E-state index contributed by atoms with van der Waals surface area (Å²) in [4.78, 5) is 11.2. The topological polar surface area (TPSA) is 37.3 Å². The summed E-state index contributed by atoms with van der Waals surface area (Å²) in [5, 5.41) is 8.71. The van der Waals surface area contributed by atoms with E-state index in [0.29, 0.717) is 5.92 Å². The molecule has 174 valence electrons. The van der Waals surface area contributed by atoms with Crippen LogP contribution in [0.4, 0.5) is 13.2 Å². The Morgan fingerprint density at radius 2 is 1.69 bits per heavy atom. The number of carboxylic acids is 1. The molecule has 0 aromatic heterocycles. The van der Waals surface area contributed by atoms with Gasteiger partial charge in [-0.25, -0.2) is 18.0 Å². The fraction of sp³-hybridized carbons (Fsp3) is 0.593. The van der Waals surface area contributed by atoms with Crippen molar-refractivity contribution < 1.29 is 23.1 Å². The van der Waals surface area contributed by atoms with Gasteiger partial charge in [0.1, 0.15) is 17.2 Å². The lowest BCUT2D eigenvalue weighted by atomic mass is 9.63. The summed E-state index contributed by atoms with van der Waals surface area (Å²) in [6, 6.07) is 3.93. The Morgan fingerprint density at radius 1 is 0.938 bits per heavy atom. The van der Waals surface area contributed by atoms with E-state index in [9.17, 15) is 18.0 Å². The fourth-order valence-electron chi connectivity index (χ4n) is 6.28. The minimum absolute atomic E-state index is 0.0953. The molecular formula is C27H33F3O2. The van der Waals surface area contributed by atoms with Crippen molar-refractivity contribution in [2.75, 3.05) is 0 Å². The van der Waals surface area contributed by atoms with Gasteiger partial charge < -0.3 is 5.11 Å². The second-order valence-electron chi connectivity index (χ2n) is 10.0. The van der Waals surface area contributed by atoms with Gasteiger partial charge in [-0.2, -0.15) is 0 Å². The quantitative estimate of drug-likeness (QED) is 0.435. The number of hydrogen-bond acceptors (Lipinski definition) is 1. The summed E-state index contributed by atoms with van der Waals surface area (Å²) >= 11 is 0. The molecule has 4 rings (SSSR count). The van der Waals surface area contributed by atoms with Crippen LogP contribution >= 0.6 is 0 Å². The van der Waals surface area contributed by atoms with Gasteiger partial charge in [0.25, 0.3) is 0 Å². The van der Waals surface area contributed by atoms with Crippen LogP contribution in [-0.4, -0.2) is 11.1 Å². The largest absolute Gasteiger partial charge is 0.477 e. The molecule has 2 nitrogen and oxygen atoms in total. The van der Waals surface area contributed by atoms with Crippen LogP contribution < -0.4 is 0 Å². The van der Waals surface area contributed by atoms with E-state index in [1.54, 1.807) is 6.07 Å². The van der Waals surface area contributed by atoms with E-state index in [1.807, 2.05) is 0 Å². The molecule has 2 fully saturated rings. The first-order valence-corrected chi connectivity index (χ1v) is 12.2. The van der Waals surface area contributed by atoms with E-state index in [2.05, 4.69) is 6.92 Å². The second-order valence-corrected chi connectivity index (χ2v) is 10.0. The van der Waals surface area contributed by atoms with Crippen LogP contribution in [0.25, 0.3) is 10.8 Å². The number of carbonyl (C=O) groups is 1. The van der Waals surface area contributed by atoms with Crippen molar-refractivity contribution >= 4 is 16.7 Å². The monoisotopic (exact) mass is 446 g/mol. The summed E-state index contributed by atoms with van der Waals surface area (Å²) in [5.41, 5.74) is -0.326. The van der Waals surface area contributed by atoms with Gasteiger partial charge in [-0.3, -0.25) is 0 Å². The molecule has 0 heterocycles. The van der Waals surface area contributed by atoms with E-state index in [1.165, 1.54) is 57.4 Å². The smallest absolute Gasteiger partial charge is 0.341 e. The molecule has 0 bridgehead atoms. The highest BCUT2D eigenvalue weighted by Gasteiger charge is 2.36. The summed E-state index contributed by atoms with van der Waals surface area (Å²) in [6.07, 6.45) is 13.5. The van der Waals surface area contributed by atoms with E-state index < -0.39 is 34.4 Å². The first-order chi connectivity index (χ1) is 15.4. The molecule has 4 unspecified atom stereocenters. The average Bonchev–Trinajstić information content (AvgIpc) is 2.75. The maximum Gasteiger partial charge on any atom is 0.341 e. The Bertz CT molecular complexity index is 987. The SMILES string of the molecule is CCCCCCC1CCC2CC(c3cc(F)c4c(F)c(C(=O)O)c(F)cc4c3)CCC2C1. The predicted molar refractivity (Wildman–Crippen MR) is 120 cm³/mol. The highest BCUT2D eigenvalue weighted by Crippen LogP contribution is 2.49. The van der Waals surface area contributed by atoms with Gasteiger partial charge >= 0.3 is 5.97 Å². The van der Waals surface area contributed by atoms with Crippen LogP contribution in [-0.2, 0) is 0 Å². The van der Waals surface area contributed by atoms with Crippen LogP contribution in [0.5, 0.6) is 0 Å². The Hall–Kier alpha value is -2.04. The minimum Gasteiger partial charge on any atom is -0.477 e. The Labute approximate surface area is 188 Å². The van der Waals surface area contributed by atoms with Crippen molar-refractivity contribution in [3.05, 3.63) is 46.8 Å². The molecule has 2 aliphatic rings. The normalized spacial score (nSPS) is 25.6. The molecule has 0 spiro atoms. The summed E-state index contributed by atoms with van der Waals surface area (Å²) in [5.74, 6) is -2.63. The number of unbranched alkanes of at least 4 members (excludes halogenated alkanes) is 3. The van der Waals surface area contributed by atoms with Crippen molar-refractivity contribution in [2.24, 2.45) is 17.8 Å². The van der Waals surface area contributed by atoms with E-state index in [0.717, 1.165) is 42.7 Å². The Balaban J connectivity index is 1.47. The lowest BCUT2D eigenvalue weighted by Crippen LogP contribution is -2.30. The zero-order valence-corrected chi connectivity index (χ0v) is 18.8. The molecule has 2 saturated carbocycles. The number of carboxylic acid groups (broad SMARTS) is 1. The van der Waals surface area contributed by atoms with Gasteiger partial charge in [0, 0.05) is 0 Å². The van der Waals surface area contributed by atoms with Gasteiger partial charge in [-0.15, -0.1) is 0 Å². The zero-order chi connectivity index (χ0) is 22.8. The van der Waals surface area contributed by atoms with Crippen LogP contribution in [0.1, 0.15) is 99.4 Å². The van der Waals surface area contributed by atoms with E-state index in [-0.39, 0.29) is 11.3 Å². The minimum atomic E-state index is -1.73. The lowest BCUT2D eigenvalue weighted by molar-refractivity contribution is 0.0687. The number of halogens is 3. The second kappa shape index (κ2) is 9.84. The number of rotatable bonds is 7. The third-order valence-corrected chi connectivity index (χ3v) is 7.98. The Kier molecular flexibility index (Phi) is 7.11. The van der Waals surface area contributed by atoms with Gasteiger partial charge in [0.05, 0.1) is 5.39 Å². The lowest BCUT2D eigenvalue weighted by Gasteiger charge is -2.42. The van der Waals surface area contributed by atoms with Crippen LogP contribution in [0.3, 0.4) is 0 Å². The van der Waals surface area contributed by atoms with Gasteiger partial charge in [-0.05, 0) is 78.9 Å². The van der Waals surface area contributed by atoms with Crippen molar-refractivity contribution in [1.82, 2.24) is 0 Å². The van der Waals surface area contributed by atoms with Gasteiger partial charge in [-0.1, -0.05) is 51.5 Å². The van der Waals surface area contributed by atoms with Crippen molar-refractivity contribution in [3.63, 3.8) is 0 Å². The molecule has 1 N–H and O–H groups in total.